The van der Waals surface area contributed by atoms with E-state index >= 15 is 0 Å². The summed E-state index contributed by atoms with van der Waals surface area (Å²) in [4.78, 5) is 23.5. The first-order valence-corrected chi connectivity index (χ1v) is 6.76. The number of benzene rings is 1. The van der Waals surface area contributed by atoms with E-state index in [0.717, 1.165) is 0 Å². The monoisotopic (exact) mass is 302 g/mol. The highest BCUT2D eigenvalue weighted by Gasteiger charge is 2.21. The lowest BCUT2D eigenvalue weighted by molar-refractivity contribution is -0.122. The predicted octanol–water partition coefficient (Wildman–Crippen LogP) is 2.38. The van der Waals surface area contributed by atoms with Gasteiger partial charge in [0.15, 0.2) is 12.4 Å². The van der Waals surface area contributed by atoms with E-state index in [1.54, 1.807) is 18.2 Å². The standard InChI is InChI=1S/C16H18N2O4/c1-10(2)22-13-6-4-12(5-7-13)16(20)21-9-15(19)14(8-17)11(3)18/h4-7,10,14,18H,9H2,1-3H3/t14-/m0/s1. The zero-order chi connectivity index (χ0) is 16.7. The number of ether oxygens (including phenoxy) is 2. The van der Waals surface area contributed by atoms with Crippen molar-refractivity contribution in [2.24, 2.45) is 5.92 Å². The summed E-state index contributed by atoms with van der Waals surface area (Å²) >= 11 is 0. The highest BCUT2D eigenvalue weighted by molar-refractivity contribution is 6.06. The number of Topliss-reactive ketones (excluding diaryl/α,β-unsaturated/α-hetero) is 1. The van der Waals surface area contributed by atoms with Gasteiger partial charge in [-0.15, -0.1) is 0 Å². The number of nitrogens with one attached hydrogen (secondary N) is 1. The van der Waals surface area contributed by atoms with Crippen molar-refractivity contribution in [1.82, 2.24) is 0 Å². The molecule has 22 heavy (non-hydrogen) atoms. The van der Waals surface area contributed by atoms with E-state index in [2.05, 4.69) is 0 Å². The van der Waals surface area contributed by atoms with Gasteiger partial charge in [0.05, 0.1) is 17.7 Å². The second-order valence-electron chi connectivity index (χ2n) is 4.98. The maximum Gasteiger partial charge on any atom is 0.338 e. The van der Waals surface area contributed by atoms with Crippen LogP contribution in [0.25, 0.3) is 0 Å². The van der Waals surface area contributed by atoms with E-state index in [-0.39, 0.29) is 17.4 Å². The molecule has 0 heterocycles. The minimum Gasteiger partial charge on any atom is -0.491 e. The topological polar surface area (TPSA) is 100 Å². The third kappa shape index (κ3) is 5.02. The van der Waals surface area contributed by atoms with Crippen LogP contribution in [0.15, 0.2) is 24.3 Å². The van der Waals surface area contributed by atoms with Gasteiger partial charge in [0.25, 0.3) is 0 Å². The van der Waals surface area contributed by atoms with Gasteiger partial charge in [0.1, 0.15) is 11.7 Å². The number of nitriles is 1. The maximum absolute atomic E-state index is 11.8. The van der Waals surface area contributed by atoms with Crippen molar-refractivity contribution >= 4 is 17.5 Å². The van der Waals surface area contributed by atoms with Crippen LogP contribution in [0.5, 0.6) is 5.75 Å². The SMILES string of the molecule is CC(=N)[C@H](C#N)C(=O)COC(=O)c1ccc(OC(C)C)cc1. The van der Waals surface area contributed by atoms with Gasteiger partial charge in [-0.2, -0.15) is 5.26 Å². The molecule has 1 N–H and O–H groups in total. The van der Waals surface area contributed by atoms with Gasteiger partial charge in [-0.25, -0.2) is 4.79 Å². The van der Waals surface area contributed by atoms with E-state index < -0.39 is 24.3 Å². The lowest BCUT2D eigenvalue weighted by atomic mass is 10.0. The molecule has 6 heteroatoms. The van der Waals surface area contributed by atoms with Crippen LogP contribution in [0.1, 0.15) is 31.1 Å². The Hall–Kier alpha value is -2.68. The van der Waals surface area contributed by atoms with Crippen LogP contribution in [-0.2, 0) is 9.53 Å². The van der Waals surface area contributed by atoms with Crippen molar-refractivity contribution in [3.63, 3.8) is 0 Å². The zero-order valence-electron chi connectivity index (χ0n) is 12.8. The highest BCUT2D eigenvalue weighted by atomic mass is 16.5. The largest absolute Gasteiger partial charge is 0.491 e. The van der Waals surface area contributed by atoms with Crippen LogP contribution >= 0.6 is 0 Å². The quantitative estimate of drug-likeness (QED) is 0.615. The van der Waals surface area contributed by atoms with Gasteiger partial charge >= 0.3 is 5.97 Å². The second kappa shape index (κ2) is 7.93. The lowest BCUT2D eigenvalue weighted by Gasteiger charge is -2.10. The van der Waals surface area contributed by atoms with Gasteiger partial charge in [-0.1, -0.05) is 0 Å². The number of nitrogens with zero attached hydrogens (tertiary/aromatic N) is 1. The van der Waals surface area contributed by atoms with E-state index in [0.29, 0.717) is 5.75 Å². The normalized spacial score (nSPS) is 11.4. The molecule has 0 spiro atoms. The first kappa shape index (κ1) is 17.4. The average Bonchev–Trinajstić information content (AvgIpc) is 2.45. The number of esters is 1. The molecule has 0 fully saturated rings. The number of ketones is 1. The van der Waals surface area contributed by atoms with Crippen molar-refractivity contribution in [2.45, 2.75) is 26.9 Å². The Morgan fingerprint density at radius 1 is 1.27 bits per heavy atom. The van der Waals surface area contributed by atoms with Gasteiger partial charge in [-0.3, -0.25) is 4.79 Å². The summed E-state index contributed by atoms with van der Waals surface area (Å²) < 4.78 is 10.3. The average molecular weight is 302 g/mol. The number of rotatable bonds is 7. The molecule has 6 nitrogen and oxygen atoms in total. The van der Waals surface area contributed by atoms with Crippen LogP contribution in [0.4, 0.5) is 0 Å². The first-order valence-electron chi connectivity index (χ1n) is 6.76. The van der Waals surface area contributed by atoms with Crippen molar-refractivity contribution in [1.29, 1.82) is 10.7 Å². The number of carbonyl (C=O) groups excluding carboxylic acids is 2. The summed E-state index contributed by atoms with van der Waals surface area (Å²) in [7, 11) is 0. The zero-order valence-corrected chi connectivity index (χ0v) is 12.8. The third-order valence-electron chi connectivity index (χ3n) is 2.69. The summed E-state index contributed by atoms with van der Waals surface area (Å²) in [6, 6.07) is 8.05. The second-order valence-corrected chi connectivity index (χ2v) is 4.98. The summed E-state index contributed by atoms with van der Waals surface area (Å²) in [6.45, 7) is 4.62. The van der Waals surface area contributed by atoms with Crippen molar-refractivity contribution in [3.05, 3.63) is 29.8 Å². The minimum absolute atomic E-state index is 0.0303. The molecule has 0 aliphatic rings. The van der Waals surface area contributed by atoms with Crippen molar-refractivity contribution < 1.29 is 19.1 Å². The Morgan fingerprint density at radius 2 is 1.86 bits per heavy atom. The molecular formula is C16H18N2O4. The lowest BCUT2D eigenvalue weighted by Crippen LogP contribution is -2.25. The molecule has 0 aliphatic carbocycles. The Morgan fingerprint density at radius 3 is 2.32 bits per heavy atom. The van der Waals surface area contributed by atoms with Gasteiger partial charge in [-0.05, 0) is 45.0 Å². The molecule has 1 aromatic rings. The highest BCUT2D eigenvalue weighted by Crippen LogP contribution is 2.14. The summed E-state index contributed by atoms with van der Waals surface area (Å²) in [5.74, 6) is -1.81. The molecule has 0 aliphatic heterocycles. The fourth-order valence-electron chi connectivity index (χ4n) is 1.66. The number of hydrogen-bond donors (Lipinski definition) is 1. The third-order valence-corrected chi connectivity index (χ3v) is 2.69. The molecule has 0 amide bonds. The Balaban J connectivity index is 2.61. The molecule has 0 saturated heterocycles. The first-order chi connectivity index (χ1) is 10.3. The minimum atomic E-state index is -1.17. The van der Waals surface area contributed by atoms with E-state index in [1.807, 2.05) is 13.8 Å². The maximum atomic E-state index is 11.8. The molecule has 0 bridgehead atoms. The Bertz CT molecular complexity index is 600. The molecule has 0 aromatic heterocycles. The summed E-state index contributed by atoms with van der Waals surface area (Å²) in [5.41, 5.74) is 0.211. The fraction of sp³-hybridized carbons (Fsp3) is 0.375. The smallest absolute Gasteiger partial charge is 0.338 e. The molecule has 1 atom stereocenters. The molecule has 0 saturated carbocycles. The Labute approximate surface area is 129 Å². The van der Waals surface area contributed by atoms with E-state index in [1.165, 1.54) is 19.1 Å². The fourth-order valence-corrected chi connectivity index (χ4v) is 1.66. The summed E-state index contributed by atoms with van der Waals surface area (Å²) in [6.07, 6.45) is 0.0303. The number of hydrogen-bond acceptors (Lipinski definition) is 6. The summed E-state index contributed by atoms with van der Waals surface area (Å²) in [5, 5.41) is 16.1. The van der Waals surface area contributed by atoms with Crippen LogP contribution < -0.4 is 4.74 Å². The van der Waals surface area contributed by atoms with Gasteiger partial charge in [0, 0.05) is 5.71 Å². The molecule has 116 valence electrons. The molecule has 1 rings (SSSR count). The molecule has 0 unspecified atom stereocenters. The number of carbonyl (C=O) groups is 2. The molecule has 0 radical (unpaired) electrons. The van der Waals surface area contributed by atoms with Crippen LogP contribution in [0.3, 0.4) is 0 Å². The van der Waals surface area contributed by atoms with Gasteiger partial charge in [0.2, 0.25) is 0 Å². The predicted molar refractivity (Wildman–Crippen MR) is 80.0 cm³/mol. The molecular weight excluding hydrogens is 284 g/mol. The van der Waals surface area contributed by atoms with Crippen molar-refractivity contribution in [3.8, 4) is 11.8 Å². The Kier molecular flexibility index (Phi) is 6.26. The van der Waals surface area contributed by atoms with E-state index in [9.17, 15) is 9.59 Å². The van der Waals surface area contributed by atoms with E-state index in [4.69, 9.17) is 20.1 Å². The molecule has 1 aromatic carbocycles. The van der Waals surface area contributed by atoms with Gasteiger partial charge < -0.3 is 14.9 Å². The van der Waals surface area contributed by atoms with Crippen LogP contribution in [0, 0.1) is 22.7 Å². The van der Waals surface area contributed by atoms with Crippen molar-refractivity contribution in [2.75, 3.05) is 6.61 Å². The van der Waals surface area contributed by atoms with Crippen LogP contribution in [0.2, 0.25) is 0 Å². The van der Waals surface area contributed by atoms with Crippen LogP contribution in [-0.4, -0.2) is 30.2 Å².